The summed E-state index contributed by atoms with van der Waals surface area (Å²) in [6, 6.07) is 5.11. The van der Waals surface area contributed by atoms with E-state index in [4.69, 9.17) is 4.74 Å². The number of aromatic nitrogens is 2. The largest absolute Gasteiger partial charge is 0.433 e. The predicted molar refractivity (Wildman–Crippen MR) is 60.2 cm³/mol. The summed E-state index contributed by atoms with van der Waals surface area (Å²) in [5.74, 6) is -0.0291. The molecule has 2 rings (SSSR count). The summed E-state index contributed by atoms with van der Waals surface area (Å²) in [5.41, 5.74) is -1.41. The average molecular weight is 285 g/mol. The Kier molecular flexibility index (Phi) is 3.51. The number of rotatable bonds is 3. The van der Waals surface area contributed by atoms with Crippen LogP contribution in [0, 0.1) is 10.1 Å². The summed E-state index contributed by atoms with van der Waals surface area (Å²) >= 11 is 0. The van der Waals surface area contributed by atoms with Gasteiger partial charge in [-0.3, -0.25) is 10.1 Å². The van der Waals surface area contributed by atoms with Crippen LogP contribution in [0.1, 0.15) is 5.69 Å². The van der Waals surface area contributed by atoms with Gasteiger partial charge in [-0.25, -0.2) is 4.98 Å². The summed E-state index contributed by atoms with van der Waals surface area (Å²) < 4.78 is 42.3. The topological polar surface area (TPSA) is 78.2 Å². The summed E-state index contributed by atoms with van der Waals surface area (Å²) in [7, 11) is 0. The first-order valence-electron chi connectivity index (χ1n) is 5.19. The summed E-state index contributed by atoms with van der Waals surface area (Å²) in [6.07, 6.45) is -3.73. The minimum atomic E-state index is -4.62. The Labute approximate surface area is 110 Å². The molecule has 0 N–H and O–H groups in total. The van der Waals surface area contributed by atoms with Gasteiger partial charge < -0.3 is 4.74 Å². The summed E-state index contributed by atoms with van der Waals surface area (Å²) in [5, 5.41) is 10.6. The van der Waals surface area contributed by atoms with Gasteiger partial charge in [0.2, 0.25) is 0 Å². The molecule has 2 aromatic rings. The highest BCUT2D eigenvalue weighted by Crippen LogP contribution is 2.29. The lowest BCUT2D eigenvalue weighted by molar-refractivity contribution is -0.384. The standard InChI is InChI=1S/C11H6F3N3O3/c12-11(13,14)9-4-5-15-10(16-9)20-8-3-1-2-7(6-8)17(18)19/h1-6H. The highest BCUT2D eigenvalue weighted by molar-refractivity contribution is 5.39. The van der Waals surface area contributed by atoms with E-state index in [2.05, 4.69) is 9.97 Å². The van der Waals surface area contributed by atoms with Crippen molar-refractivity contribution in [2.24, 2.45) is 0 Å². The van der Waals surface area contributed by atoms with Gasteiger partial charge in [-0.15, -0.1) is 0 Å². The quantitative estimate of drug-likeness (QED) is 0.639. The van der Waals surface area contributed by atoms with Crippen molar-refractivity contribution in [3.8, 4) is 11.8 Å². The first-order chi connectivity index (χ1) is 9.36. The molecule has 0 spiro atoms. The van der Waals surface area contributed by atoms with E-state index in [9.17, 15) is 23.3 Å². The minimum Gasteiger partial charge on any atom is -0.424 e. The fourth-order valence-electron chi connectivity index (χ4n) is 1.31. The SMILES string of the molecule is O=[N+]([O-])c1cccc(Oc2nccc(C(F)(F)F)n2)c1. The Hall–Kier alpha value is -2.71. The van der Waals surface area contributed by atoms with Crippen LogP contribution in [0.25, 0.3) is 0 Å². The van der Waals surface area contributed by atoms with E-state index in [1.165, 1.54) is 18.2 Å². The van der Waals surface area contributed by atoms with Crippen LogP contribution in [0.3, 0.4) is 0 Å². The molecule has 20 heavy (non-hydrogen) atoms. The lowest BCUT2D eigenvalue weighted by Crippen LogP contribution is -2.08. The third-order valence-corrected chi connectivity index (χ3v) is 2.16. The van der Waals surface area contributed by atoms with Crippen LogP contribution in [0.2, 0.25) is 0 Å². The molecule has 0 amide bonds. The maximum absolute atomic E-state index is 12.4. The molecule has 1 aromatic carbocycles. The van der Waals surface area contributed by atoms with Crippen molar-refractivity contribution in [2.75, 3.05) is 0 Å². The van der Waals surface area contributed by atoms with Crippen molar-refractivity contribution in [2.45, 2.75) is 6.18 Å². The molecule has 104 valence electrons. The second kappa shape index (κ2) is 5.11. The maximum atomic E-state index is 12.4. The predicted octanol–water partition coefficient (Wildman–Crippen LogP) is 3.20. The van der Waals surface area contributed by atoms with Crippen LogP contribution in [0.15, 0.2) is 36.5 Å². The van der Waals surface area contributed by atoms with Crippen molar-refractivity contribution < 1.29 is 22.8 Å². The molecule has 6 nitrogen and oxygen atoms in total. The number of hydrogen-bond acceptors (Lipinski definition) is 5. The van der Waals surface area contributed by atoms with Crippen molar-refractivity contribution in [3.63, 3.8) is 0 Å². The van der Waals surface area contributed by atoms with Crippen LogP contribution < -0.4 is 4.74 Å². The third-order valence-electron chi connectivity index (χ3n) is 2.16. The number of nitro benzene ring substituents is 1. The number of nitrogens with zero attached hydrogens (tertiary/aromatic N) is 3. The van der Waals surface area contributed by atoms with Crippen molar-refractivity contribution >= 4 is 5.69 Å². The van der Waals surface area contributed by atoms with Crippen LogP contribution in [0.5, 0.6) is 11.8 Å². The fourth-order valence-corrected chi connectivity index (χ4v) is 1.31. The first kappa shape index (κ1) is 13.7. The smallest absolute Gasteiger partial charge is 0.424 e. The monoisotopic (exact) mass is 285 g/mol. The molecule has 0 saturated heterocycles. The average Bonchev–Trinajstić information content (AvgIpc) is 2.38. The van der Waals surface area contributed by atoms with Crippen LogP contribution in [-0.2, 0) is 6.18 Å². The summed E-state index contributed by atoms with van der Waals surface area (Å²) in [4.78, 5) is 16.6. The molecule has 0 aliphatic rings. The number of halogens is 3. The van der Waals surface area contributed by atoms with E-state index in [0.29, 0.717) is 6.07 Å². The molecule has 9 heteroatoms. The van der Waals surface area contributed by atoms with Gasteiger partial charge in [-0.05, 0) is 12.1 Å². The fraction of sp³-hybridized carbons (Fsp3) is 0.0909. The van der Waals surface area contributed by atoms with E-state index in [-0.39, 0.29) is 11.4 Å². The highest BCUT2D eigenvalue weighted by atomic mass is 19.4. The zero-order valence-corrected chi connectivity index (χ0v) is 9.66. The second-order valence-corrected chi connectivity index (χ2v) is 3.58. The number of benzene rings is 1. The lowest BCUT2D eigenvalue weighted by atomic mass is 10.3. The zero-order chi connectivity index (χ0) is 14.8. The van der Waals surface area contributed by atoms with Crippen molar-refractivity contribution in [3.05, 3.63) is 52.3 Å². The molecule has 1 heterocycles. The maximum Gasteiger partial charge on any atom is 0.433 e. The molecular formula is C11H6F3N3O3. The number of nitro groups is 1. The molecule has 0 saturated carbocycles. The molecule has 0 bridgehead atoms. The van der Waals surface area contributed by atoms with Gasteiger partial charge in [0.25, 0.3) is 5.69 Å². The van der Waals surface area contributed by atoms with E-state index in [0.717, 1.165) is 12.3 Å². The number of hydrogen-bond donors (Lipinski definition) is 0. The zero-order valence-electron chi connectivity index (χ0n) is 9.66. The lowest BCUT2D eigenvalue weighted by Gasteiger charge is -2.07. The molecule has 0 aliphatic carbocycles. The van der Waals surface area contributed by atoms with Crippen molar-refractivity contribution in [1.82, 2.24) is 9.97 Å². The van der Waals surface area contributed by atoms with Gasteiger partial charge in [0.05, 0.1) is 11.0 Å². The van der Waals surface area contributed by atoms with Crippen molar-refractivity contribution in [1.29, 1.82) is 0 Å². The number of non-ortho nitro benzene ring substituents is 1. The van der Waals surface area contributed by atoms with Crippen LogP contribution in [-0.4, -0.2) is 14.9 Å². The van der Waals surface area contributed by atoms with Gasteiger partial charge in [-0.1, -0.05) is 6.07 Å². The molecule has 0 fully saturated rings. The minimum absolute atomic E-state index is 0.0291. The van der Waals surface area contributed by atoms with E-state index < -0.39 is 22.8 Å². The Bertz CT molecular complexity index is 646. The Morgan fingerprint density at radius 2 is 2.00 bits per heavy atom. The molecule has 1 aromatic heterocycles. The molecular weight excluding hydrogens is 279 g/mol. The third kappa shape index (κ3) is 3.19. The van der Waals surface area contributed by atoms with E-state index in [1.807, 2.05) is 0 Å². The van der Waals surface area contributed by atoms with Gasteiger partial charge in [0, 0.05) is 12.3 Å². The molecule has 0 aliphatic heterocycles. The van der Waals surface area contributed by atoms with Gasteiger partial charge in [0.1, 0.15) is 5.75 Å². The van der Waals surface area contributed by atoms with Gasteiger partial charge >= 0.3 is 12.2 Å². The molecule has 0 radical (unpaired) electrons. The molecule has 0 unspecified atom stereocenters. The van der Waals surface area contributed by atoms with E-state index in [1.54, 1.807) is 0 Å². The molecule has 0 atom stereocenters. The van der Waals surface area contributed by atoms with Gasteiger partial charge in [0.15, 0.2) is 5.69 Å². The summed E-state index contributed by atoms with van der Waals surface area (Å²) in [6.45, 7) is 0. The number of alkyl halides is 3. The van der Waals surface area contributed by atoms with Crippen LogP contribution >= 0.6 is 0 Å². The van der Waals surface area contributed by atoms with Crippen LogP contribution in [0.4, 0.5) is 18.9 Å². The Morgan fingerprint density at radius 3 is 2.65 bits per heavy atom. The normalized spacial score (nSPS) is 11.2. The first-order valence-corrected chi connectivity index (χ1v) is 5.19. The Balaban J connectivity index is 2.26. The van der Waals surface area contributed by atoms with E-state index >= 15 is 0 Å². The second-order valence-electron chi connectivity index (χ2n) is 3.58. The number of ether oxygens (including phenoxy) is 1. The Morgan fingerprint density at radius 1 is 1.25 bits per heavy atom. The van der Waals surface area contributed by atoms with Gasteiger partial charge in [-0.2, -0.15) is 18.2 Å². The highest BCUT2D eigenvalue weighted by Gasteiger charge is 2.33.